The number of amides is 11. The number of nitrogens with zero attached hydrogens (tertiary/aromatic N) is 6. The lowest BCUT2D eigenvalue weighted by molar-refractivity contribution is -0.151. The summed E-state index contributed by atoms with van der Waals surface area (Å²) < 4.78 is 0. The van der Waals surface area contributed by atoms with E-state index in [1.165, 1.54) is 75.7 Å². The Bertz CT molecular complexity index is 2290. The van der Waals surface area contributed by atoms with Gasteiger partial charge in [-0.3, -0.25) is 52.7 Å². The summed E-state index contributed by atoms with van der Waals surface area (Å²) in [4.78, 5) is 166. The predicted molar refractivity (Wildman–Crippen MR) is 324 cm³/mol. The smallest absolute Gasteiger partial charge is 0.246 e. The third-order valence-corrected chi connectivity index (χ3v) is 15.7. The molecule has 84 heavy (non-hydrogen) atoms. The van der Waals surface area contributed by atoms with E-state index in [2.05, 4.69) is 26.6 Å². The Labute approximate surface area is 502 Å². The molecule has 1 aliphatic rings. The SMILES string of the molecule is CC=CCC(C)C(O)C1C(=O)NC(CC)C(=O)N(C)CC(=O)N(C)C(CC(C)C)C(=O)NC(C(C)C)C(=O)N(C)C(CC(C)C)C(=O)NC(C)C(=O)NC(C)C(=O)N(C)C(CC(C)C)C(=O)N(C)C(CC(C)C)C(=O)NC(C(C)C)C(=O)N1C. The van der Waals surface area contributed by atoms with Crippen LogP contribution in [0, 0.1) is 41.4 Å². The number of allylic oxidation sites excluding steroid dienone is 2. The molecule has 0 bridgehead atoms. The summed E-state index contributed by atoms with van der Waals surface area (Å²) in [5.41, 5.74) is 0. The number of carbonyl (C=O) groups is 11. The second kappa shape index (κ2) is 34.7. The van der Waals surface area contributed by atoms with Gasteiger partial charge in [0.15, 0.2) is 0 Å². The molecular weight excluding hydrogens is 1080 g/mol. The van der Waals surface area contributed by atoms with Gasteiger partial charge in [0, 0.05) is 42.3 Å². The number of nitrogens with one attached hydrogen (secondary N) is 5. The summed E-state index contributed by atoms with van der Waals surface area (Å²) in [6.45, 7) is 29.2. The molecule has 1 aliphatic heterocycles. The Morgan fingerprint density at radius 3 is 1.26 bits per heavy atom. The first-order valence-electron chi connectivity index (χ1n) is 30.2. The number of rotatable bonds is 15. The van der Waals surface area contributed by atoms with Crippen LogP contribution in [0.3, 0.4) is 0 Å². The minimum Gasteiger partial charge on any atom is -0.390 e. The lowest BCUT2D eigenvalue weighted by atomic mass is 9.91. The maximum absolute atomic E-state index is 14.9. The first kappa shape index (κ1) is 75.9. The molecule has 6 N–H and O–H groups in total. The van der Waals surface area contributed by atoms with Crippen molar-refractivity contribution in [1.82, 2.24) is 56.0 Å². The molecule has 0 spiro atoms. The number of carbonyl (C=O) groups excluding carboxylic acids is 11. The van der Waals surface area contributed by atoms with E-state index in [0.717, 1.165) is 9.80 Å². The van der Waals surface area contributed by atoms with Gasteiger partial charge in [-0.1, -0.05) is 109 Å². The molecule has 1 heterocycles. The van der Waals surface area contributed by atoms with E-state index < -0.39 is 156 Å². The molecule has 0 aromatic heterocycles. The maximum Gasteiger partial charge on any atom is 0.246 e. The van der Waals surface area contributed by atoms with Crippen molar-refractivity contribution < 1.29 is 57.8 Å². The van der Waals surface area contributed by atoms with Crippen molar-refractivity contribution in [2.75, 3.05) is 48.8 Å². The Morgan fingerprint density at radius 1 is 0.464 bits per heavy atom. The molecule has 23 heteroatoms. The topological polar surface area (TPSA) is 288 Å². The van der Waals surface area contributed by atoms with E-state index in [1.54, 1.807) is 60.6 Å². The second-order valence-corrected chi connectivity index (χ2v) is 25.7. The lowest BCUT2D eigenvalue weighted by Gasteiger charge is -2.39. The van der Waals surface area contributed by atoms with Crippen LogP contribution in [-0.2, 0) is 52.7 Å². The van der Waals surface area contributed by atoms with Crippen molar-refractivity contribution in [3.63, 3.8) is 0 Å². The zero-order chi connectivity index (χ0) is 65.1. The Morgan fingerprint density at radius 2 is 0.845 bits per heavy atom. The highest BCUT2D eigenvalue weighted by molar-refractivity contribution is 5.99. The van der Waals surface area contributed by atoms with Crippen molar-refractivity contribution in [3.8, 4) is 0 Å². The molecule has 0 aliphatic carbocycles. The van der Waals surface area contributed by atoms with Gasteiger partial charge in [-0.05, 0) is 101 Å². The first-order chi connectivity index (χ1) is 38.8. The summed E-state index contributed by atoms with van der Waals surface area (Å²) in [6.07, 6.45) is 3.01. The Balaban J connectivity index is 4.26. The van der Waals surface area contributed by atoms with Gasteiger partial charge in [0.2, 0.25) is 65.0 Å². The van der Waals surface area contributed by atoms with Crippen LogP contribution < -0.4 is 26.6 Å². The largest absolute Gasteiger partial charge is 0.390 e. The average molecular weight is 1190 g/mol. The minimum atomic E-state index is -1.61. The van der Waals surface area contributed by atoms with Gasteiger partial charge in [0.25, 0.3) is 0 Å². The van der Waals surface area contributed by atoms with E-state index in [1.807, 2.05) is 55.4 Å². The zero-order valence-corrected chi connectivity index (χ0v) is 55.1. The highest BCUT2D eigenvalue weighted by Crippen LogP contribution is 2.23. The van der Waals surface area contributed by atoms with Crippen molar-refractivity contribution in [2.24, 2.45) is 41.4 Å². The van der Waals surface area contributed by atoms with Crippen LogP contribution in [-0.4, -0.2) is 215 Å². The molecule has 12 unspecified atom stereocenters. The quantitative estimate of drug-likeness (QED) is 0.129. The normalized spacial score (nSPS) is 27.0. The van der Waals surface area contributed by atoms with Crippen LogP contribution in [0.25, 0.3) is 0 Å². The number of likely N-dealkylation sites (N-methyl/N-ethyl adjacent to an activating group) is 6. The van der Waals surface area contributed by atoms with Crippen molar-refractivity contribution in [1.29, 1.82) is 0 Å². The molecule has 0 saturated carbocycles. The molecule has 1 rings (SSSR count). The van der Waals surface area contributed by atoms with Gasteiger partial charge in [-0.25, -0.2) is 0 Å². The summed E-state index contributed by atoms with van der Waals surface area (Å²) in [5.74, 6) is -9.87. The third kappa shape index (κ3) is 21.7. The van der Waals surface area contributed by atoms with Crippen LogP contribution in [0.5, 0.6) is 0 Å². The summed E-state index contributed by atoms with van der Waals surface area (Å²) in [5, 5.41) is 25.8. The highest BCUT2D eigenvalue weighted by atomic mass is 16.3. The Kier molecular flexibility index (Phi) is 31.4. The molecule has 0 aromatic carbocycles. The summed E-state index contributed by atoms with van der Waals surface area (Å²) in [6, 6.07) is -12.4. The van der Waals surface area contributed by atoms with Gasteiger partial charge in [-0.2, -0.15) is 0 Å². The van der Waals surface area contributed by atoms with Crippen LogP contribution in [0.4, 0.5) is 0 Å². The van der Waals surface area contributed by atoms with Gasteiger partial charge >= 0.3 is 0 Å². The molecule has 0 aromatic rings. The molecule has 480 valence electrons. The third-order valence-electron chi connectivity index (χ3n) is 15.7. The van der Waals surface area contributed by atoms with Gasteiger partial charge in [-0.15, -0.1) is 0 Å². The number of aliphatic hydroxyl groups is 1. The van der Waals surface area contributed by atoms with Crippen molar-refractivity contribution in [2.45, 2.75) is 223 Å². The maximum atomic E-state index is 14.9. The van der Waals surface area contributed by atoms with E-state index in [-0.39, 0.29) is 55.8 Å². The second-order valence-electron chi connectivity index (χ2n) is 25.7. The van der Waals surface area contributed by atoms with Gasteiger partial charge in [0.05, 0.1) is 12.6 Å². The highest BCUT2D eigenvalue weighted by Gasteiger charge is 2.44. The van der Waals surface area contributed by atoms with E-state index in [9.17, 15) is 57.8 Å². The van der Waals surface area contributed by atoms with E-state index >= 15 is 0 Å². The van der Waals surface area contributed by atoms with Crippen LogP contribution in [0.2, 0.25) is 0 Å². The fourth-order valence-corrected chi connectivity index (χ4v) is 10.2. The fraction of sp³-hybridized carbons (Fsp3) is 0.787. The summed E-state index contributed by atoms with van der Waals surface area (Å²) in [7, 11) is 8.42. The summed E-state index contributed by atoms with van der Waals surface area (Å²) >= 11 is 0. The molecular formula is C61H109N11O12. The lowest BCUT2D eigenvalue weighted by Crippen LogP contribution is -2.63. The van der Waals surface area contributed by atoms with Gasteiger partial charge in [0.1, 0.15) is 60.4 Å². The molecule has 12 atom stereocenters. The van der Waals surface area contributed by atoms with E-state index in [0.29, 0.717) is 6.42 Å². The number of hydrogen-bond acceptors (Lipinski definition) is 12. The van der Waals surface area contributed by atoms with Crippen LogP contribution >= 0.6 is 0 Å². The molecule has 0 radical (unpaired) electrons. The Hall–Kier alpha value is -6.13. The standard InChI is InChI=1S/C61H109N11O12/c1-24-26-27-39(15)51(74)50-56(79)64-42(25-2)58(81)67(18)32-47(73)68(19)43(28-33(3)4)54(77)65-48(37(11)12)60(83)70(21)44(29-34(5)6)53(76)62-40(16)52(75)63-41(17)57(80)71(22)46(31-36(9)10)59(82)69(20)45(30-35(7)8)55(78)66-49(38(13)14)61(84)72(50)23/h24,26,33-46,48-51,74H,25,27-32H2,1-23H3,(H,62,76)(H,63,75)(H,64,79)(H,65,77)(H,66,78). The average Bonchev–Trinajstić information content (AvgIpc) is 3.62. The fourth-order valence-electron chi connectivity index (χ4n) is 10.2. The van der Waals surface area contributed by atoms with Gasteiger partial charge < -0.3 is 61.1 Å². The van der Waals surface area contributed by atoms with Crippen LogP contribution in [0.1, 0.15) is 156 Å². The number of aliphatic hydroxyl groups excluding tert-OH is 1. The molecule has 11 amide bonds. The molecule has 1 fully saturated rings. The van der Waals surface area contributed by atoms with Crippen LogP contribution in [0.15, 0.2) is 12.2 Å². The zero-order valence-electron chi connectivity index (χ0n) is 55.1. The minimum absolute atomic E-state index is 0.0217. The molecule has 23 nitrogen and oxygen atoms in total. The molecule has 1 saturated heterocycles. The van der Waals surface area contributed by atoms with Crippen molar-refractivity contribution >= 4 is 65.0 Å². The van der Waals surface area contributed by atoms with Crippen molar-refractivity contribution in [3.05, 3.63) is 12.2 Å². The monoisotopic (exact) mass is 1190 g/mol. The predicted octanol–water partition coefficient (Wildman–Crippen LogP) is 2.93. The first-order valence-corrected chi connectivity index (χ1v) is 30.2. The number of hydrogen-bond donors (Lipinski definition) is 6. The van der Waals surface area contributed by atoms with E-state index in [4.69, 9.17) is 0 Å².